The van der Waals surface area contributed by atoms with Crippen LogP contribution in [-0.4, -0.2) is 22.9 Å². The van der Waals surface area contributed by atoms with Crippen LogP contribution in [0.2, 0.25) is 0 Å². The van der Waals surface area contributed by atoms with Gasteiger partial charge in [-0.25, -0.2) is 4.99 Å². The van der Waals surface area contributed by atoms with Crippen molar-refractivity contribution in [3.63, 3.8) is 0 Å². The summed E-state index contributed by atoms with van der Waals surface area (Å²) in [4.78, 5) is 15.9. The number of ether oxygens (including phenoxy) is 1. The first-order chi connectivity index (χ1) is 8.24. The molecule has 17 heavy (non-hydrogen) atoms. The van der Waals surface area contributed by atoms with Crippen LogP contribution in [0.25, 0.3) is 6.08 Å². The van der Waals surface area contributed by atoms with Gasteiger partial charge in [-0.1, -0.05) is 18.2 Å². The number of nitrogens with zero attached hydrogens (tertiary/aromatic N) is 1. The molecule has 2 rings (SSSR count). The van der Waals surface area contributed by atoms with Gasteiger partial charge in [0, 0.05) is 5.56 Å². The first-order valence-corrected chi connectivity index (χ1v) is 6.98. The fraction of sp³-hybridized carbons (Fsp3) is 0.167. The van der Waals surface area contributed by atoms with Crippen LogP contribution in [-0.2, 0) is 4.79 Å². The zero-order chi connectivity index (χ0) is 12.3. The zero-order valence-corrected chi connectivity index (χ0v) is 11.1. The Morgan fingerprint density at radius 3 is 2.82 bits per heavy atom. The number of rotatable bonds is 2. The highest BCUT2D eigenvalue weighted by atomic mass is 32.2. The minimum Gasteiger partial charge on any atom is -0.496 e. The molecule has 0 unspecified atom stereocenters. The summed E-state index contributed by atoms with van der Waals surface area (Å²) in [5, 5.41) is -0.0137. The Balaban J connectivity index is 2.36. The Morgan fingerprint density at radius 1 is 1.41 bits per heavy atom. The molecule has 0 N–H and O–H groups in total. The number of aliphatic imine (C=N–C) groups is 1. The van der Waals surface area contributed by atoms with Crippen molar-refractivity contribution in [3.8, 4) is 5.75 Å². The molecular weight excluding hydrogens is 254 g/mol. The van der Waals surface area contributed by atoms with Gasteiger partial charge in [-0.05, 0) is 30.2 Å². The lowest BCUT2D eigenvalue weighted by molar-refractivity contribution is -0.107. The van der Waals surface area contributed by atoms with Gasteiger partial charge in [0.2, 0.25) is 5.12 Å². The maximum atomic E-state index is 11.7. The van der Waals surface area contributed by atoms with E-state index in [2.05, 4.69) is 4.99 Å². The lowest BCUT2D eigenvalue weighted by Crippen LogP contribution is -1.90. The Kier molecular flexibility index (Phi) is 3.91. The fourth-order valence-corrected chi connectivity index (χ4v) is 2.67. The quantitative estimate of drug-likeness (QED) is 0.770. The molecular formula is C12H11NO2S2. The summed E-state index contributed by atoms with van der Waals surface area (Å²) in [6.07, 6.45) is 3.67. The van der Waals surface area contributed by atoms with E-state index in [4.69, 9.17) is 4.74 Å². The summed E-state index contributed by atoms with van der Waals surface area (Å²) >= 11 is 2.65. The van der Waals surface area contributed by atoms with Crippen LogP contribution in [0, 0.1) is 0 Å². The van der Waals surface area contributed by atoms with Crippen molar-refractivity contribution in [1.29, 1.82) is 0 Å². The third kappa shape index (κ3) is 2.73. The predicted octanol–water partition coefficient (Wildman–Crippen LogP) is 3.03. The molecule has 88 valence electrons. The second-order valence-electron chi connectivity index (χ2n) is 3.24. The highest BCUT2D eigenvalue weighted by molar-refractivity contribution is 8.45. The molecule has 5 heteroatoms. The van der Waals surface area contributed by atoms with Crippen molar-refractivity contribution in [2.45, 2.75) is 0 Å². The summed E-state index contributed by atoms with van der Waals surface area (Å²) in [6.45, 7) is 0. The van der Waals surface area contributed by atoms with E-state index in [1.165, 1.54) is 23.5 Å². The number of carbonyl (C=O) groups is 1. The normalized spacial score (nSPS) is 17.4. The highest BCUT2D eigenvalue weighted by Crippen LogP contribution is 2.31. The monoisotopic (exact) mass is 265 g/mol. The number of carbonyl (C=O) groups excluding carboxylic acids is 1. The van der Waals surface area contributed by atoms with Gasteiger partial charge in [0.05, 0.1) is 7.11 Å². The summed E-state index contributed by atoms with van der Waals surface area (Å²) in [5.41, 5.74) is 1.34. The lowest BCUT2D eigenvalue weighted by atomic mass is 10.2. The van der Waals surface area contributed by atoms with E-state index < -0.39 is 0 Å². The average Bonchev–Trinajstić information content (AvgIpc) is 2.71. The summed E-state index contributed by atoms with van der Waals surface area (Å²) < 4.78 is 6.02. The third-order valence-electron chi connectivity index (χ3n) is 2.21. The molecule has 0 amide bonds. The number of para-hydroxylation sites is 1. The molecule has 1 aliphatic heterocycles. The maximum Gasteiger partial charge on any atom is 0.244 e. The van der Waals surface area contributed by atoms with Crippen LogP contribution >= 0.6 is 23.5 Å². The Hall–Kier alpha value is -1.20. The van der Waals surface area contributed by atoms with Gasteiger partial charge in [-0.15, -0.1) is 11.8 Å². The largest absolute Gasteiger partial charge is 0.496 e. The van der Waals surface area contributed by atoms with Crippen LogP contribution < -0.4 is 4.74 Å². The van der Waals surface area contributed by atoms with Crippen LogP contribution in [0.3, 0.4) is 0 Å². The summed E-state index contributed by atoms with van der Waals surface area (Å²) in [7, 11) is 1.61. The second kappa shape index (κ2) is 5.42. The Labute approximate surface area is 108 Å². The molecule has 1 aromatic rings. The predicted molar refractivity (Wildman–Crippen MR) is 74.5 cm³/mol. The zero-order valence-electron chi connectivity index (χ0n) is 9.47. The Bertz CT molecular complexity index is 509. The SMILES string of the molecule is COc1ccccc1/C=C1/N=C(SC)SC1=O. The van der Waals surface area contributed by atoms with Gasteiger partial charge in [0.25, 0.3) is 0 Å². The molecule has 0 radical (unpaired) electrons. The highest BCUT2D eigenvalue weighted by Gasteiger charge is 2.21. The molecule has 0 spiro atoms. The van der Waals surface area contributed by atoms with E-state index in [9.17, 15) is 4.79 Å². The molecule has 0 saturated heterocycles. The minimum absolute atomic E-state index is 0.0137. The minimum atomic E-state index is -0.0137. The average molecular weight is 265 g/mol. The number of hydrogen-bond acceptors (Lipinski definition) is 5. The number of thioether (sulfide) groups is 2. The van der Waals surface area contributed by atoms with Gasteiger partial charge in [-0.3, -0.25) is 4.79 Å². The van der Waals surface area contributed by atoms with Gasteiger partial charge in [0.15, 0.2) is 0 Å². The molecule has 1 aliphatic rings. The Morgan fingerprint density at radius 2 is 2.18 bits per heavy atom. The standard InChI is InChI=1S/C12H11NO2S2/c1-15-10-6-4-3-5-8(10)7-9-11(14)17-12(13-9)16-2/h3-7H,1-2H3/b9-7+. The van der Waals surface area contributed by atoms with Crippen LogP contribution in [0.15, 0.2) is 35.0 Å². The van der Waals surface area contributed by atoms with Crippen molar-refractivity contribution in [2.75, 3.05) is 13.4 Å². The van der Waals surface area contributed by atoms with Crippen LogP contribution in [0.5, 0.6) is 5.75 Å². The molecule has 0 atom stereocenters. The number of hydrogen-bond donors (Lipinski definition) is 0. The van der Waals surface area contributed by atoms with E-state index in [-0.39, 0.29) is 5.12 Å². The first kappa shape index (κ1) is 12.3. The maximum absolute atomic E-state index is 11.7. The van der Waals surface area contributed by atoms with Crippen molar-refractivity contribution in [3.05, 3.63) is 35.5 Å². The molecule has 0 bridgehead atoms. The lowest BCUT2D eigenvalue weighted by Gasteiger charge is -2.03. The van der Waals surface area contributed by atoms with E-state index in [0.29, 0.717) is 5.70 Å². The molecule has 1 aromatic carbocycles. The molecule has 0 aromatic heterocycles. The molecule has 0 fully saturated rings. The van der Waals surface area contributed by atoms with Crippen molar-refractivity contribution in [1.82, 2.24) is 0 Å². The summed E-state index contributed by atoms with van der Waals surface area (Å²) in [5.74, 6) is 0.741. The number of methoxy groups -OCH3 is 1. The van der Waals surface area contributed by atoms with Gasteiger partial charge >= 0.3 is 0 Å². The number of benzene rings is 1. The molecule has 3 nitrogen and oxygen atoms in total. The van der Waals surface area contributed by atoms with Gasteiger partial charge < -0.3 is 4.74 Å². The van der Waals surface area contributed by atoms with Gasteiger partial charge in [-0.2, -0.15) is 0 Å². The van der Waals surface area contributed by atoms with E-state index in [1.54, 1.807) is 13.2 Å². The molecule has 1 heterocycles. The van der Waals surface area contributed by atoms with Gasteiger partial charge in [0.1, 0.15) is 15.8 Å². The van der Waals surface area contributed by atoms with E-state index >= 15 is 0 Å². The third-order valence-corrected chi connectivity index (χ3v) is 4.06. The summed E-state index contributed by atoms with van der Waals surface area (Å²) in [6, 6.07) is 7.55. The topological polar surface area (TPSA) is 38.7 Å². The first-order valence-electron chi connectivity index (χ1n) is 4.94. The van der Waals surface area contributed by atoms with Crippen LogP contribution in [0.1, 0.15) is 5.56 Å². The van der Waals surface area contributed by atoms with E-state index in [1.807, 2.05) is 30.5 Å². The fourth-order valence-electron chi connectivity index (χ4n) is 1.41. The molecule has 0 saturated carbocycles. The molecule has 0 aliphatic carbocycles. The second-order valence-corrected chi connectivity index (χ2v) is 5.26. The van der Waals surface area contributed by atoms with E-state index in [0.717, 1.165) is 15.7 Å². The van der Waals surface area contributed by atoms with Crippen LogP contribution in [0.4, 0.5) is 0 Å². The van der Waals surface area contributed by atoms with Crippen molar-refractivity contribution in [2.24, 2.45) is 4.99 Å². The van der Waals surface area contributed by atoms with Crippen molar-refractivity contribution >= 4 is 39.1 Å². The smallest absolute Gasteiger partial charge is 0.244 e. The van der Waals surface area contributed by atoms with Crippen molar-refractivity contribution < 1.29 is 9.53 Å².